The summed E-state index contributed by atoms with van der Waals surface area (Å²) in [4.78, 5) is 16.9. The fourth-order valence-electron chi connectivity index (χ4n) is 1.37. The largest absolute Gasteiger partial charge is 0.361 e. The number of hydrogen-bond donors (Lipinski definition) is 1. The van der Waals surface area contributed by atoms with Crippen LogP contribution in [-0.2, 0) is 0 Å². The van der Waals surface area contributed by atoms with Crippen molar-refractivity contribution in [3.8, 4) is 11.1 Å². The standard InChI is InChI=1S/C9H9N3O2/c1-5-8(6(2)14-12-5)7-3-10-9(13)11-4-7/h3-4H,1-2H3,(H,10,11,13). The van der Waals surface area contributed by atoms with Gasteiger partial charge in [-0.1, -0.05) is 5.16 Å². The number of rotatable bonds is 1. The van der Waals surface area contributed by atoms with Gasteiger partial charge in [-0.15, -0.1) is 0 Å². The van der Waals surface area contributed by atoms with E-state index in [4.69, 9.17) is 4.52 Å². The van der Waals surface area contributed by atoms with Gasteiger partial charge in [-0.25, -0.2) is 9.78 Å². The van der Waals surface area contributed by atoms with Crippen molar-refractivity contribution in [1.29, 1.82) is 0 Å². The molecule has 1 N–H and O–H groups in total. The first-order valence-corrected chi connectivity index (χ1v) is 4.16. The maximum absolute atomic E-state index is 10.8. The van der Waals surface area contributed by atoms with Crippen molar-refractivity contribution in [3.63, 3.8) is 0 Å². The number of aryl methyl sites for hydroxylation is 2. The molecule has 0 unspecified atom stereocenters. The van der Waals surface area contributed by atoms with Crippen LogP contribution in [0.3, 0.4) is 0 Å². The average Bonchev–Trinajstić information content (AvgIpc) is 2.49. The van der Waals surface area contributed by atoms with Crippen LogP contribution in [0.25, 0.3) is 11.1 Å². The van der Waals surface area contributed by atoms with E-state index < -0.39 is 0 Å². The Morgan fingerprint density at radius 2 is 2.21 bits per heavy atom. The SMILES string of the molecule is Cc1noc(C)c1-c1cnc(=O)[nH]c1. The van der Waals surface area contributed by atoms with E-state index in [9.17, 15) is 4.79 Å². The minimum atomic E-state index is -0.361. The number of H-pyrrole nitrogens is 1. The van der Waals surface area contributed by atoms with E-state index in [0.29, 0.717) is 0 Å². The monoisotopic (exact) mass is 191 g/mol. The van der Waals surface area contributed by atoms with Crippen LogP contribution in [0.5, 0.6) is 0 Å². The second-order valence-electron chi connectivity index (χ2n) is 3.01. The van der Waals surface area contributed by atoms with E-state index in [1.165, 1.54) is 6.20 Å². The Morgan fingerprint density at radius 1 is 1.43 bits per heavy atom. The first kappa shape index (κ1) is 8.68. The quantitative estimate of drug-likeness (QED) is 0.731. The zero-order valence-corrected chi connectivity index (χ0v) is 7.87. The van der Waals surface area contributed by atoms with Crippen LogP contribution >= 0.6 is 0 Å². The van der Waals surface area contributed by atoms with Crippen molar-refractivity contribution >= 4 is 0 Å². The molecule has 5 heteroatoms. The number of nitrogens with one attached hydrogen (secondary N) is 1. The summed E-state index contributed by atoms with van der Waals surface area (Å²) < 4.78 is 5.01. The lowest BCUT2D eigenvalue weighted by Gasteiger charge is -1.96. The van der Waals surface area contributed by atoms with Crippen LogP contribution in [0.4, 0.5) is 0 Å². The Labute approximate surface area is 79.8 Å². The Kier molecular flexibility index (Phi) is 1.92. The van der Waals surface area contributed by atoms with Crippen molar-refractivity contribution in [1.82, 2.24) is 15.1 Å². The summed E-state index contributed by atoms with van der Waals surface area (Å²) in [5, 5.41) is 3.82. The fraction of sp³-hybridized carbons (Fsp3) is 0.222. The summed E-state index contributed by atoms with van der Waals surface area (Å²) in [6.07, 6.45) is 3.10. The van der Waals surface area contributed by atoms with Crippen LogP contribution in [-0.4, -0.2) is 15.1 Å². The highest BCUT2D eigenvalue weighted by Gasteiger charge is 2.11. The molecule has 0 radical (unpaired) electrons. The number of nitrogens with zero attached hydrogens (tertiary/aromatic N) is 2. The summed E-state index contributed by atoms with van der Waals surface area (Å²) >= 11 is 0. The second kappa shape index (κ2) is 3.10. The molecule has 14 heavy (non-hydrogen) atoms. The molecule has 5 nitrogen and oxygen atoms in total. The smallest absolute Gasteiger partial charge is 0.344 e. The summed E-state index contributed by atoms with van der Waals surface area (Å²) in [5.74, 6) is 0.719. The Balaban J connectivity index is 2.60. The van der Waals surface area contributed by atoms with E-state index in [1.54, 1.807) is 6.20 Å². The minimum Gasteiger partial charge on any atom is -0.361 e. The Hall–Kier alpha value is -1.91. The average molecular weight is 191 g/mol. The van der Waals surface area contributed by atoms with Gasteiger partial charge in [-0.05, 0) is 13.8 Å². The van der Waals surface area contributed by atoms with Crippen LogP contribution in [0.2, 0.25) is 0 Å². The summed E-state index contributed by atoms with van der Waals surface area (Å²) in [7, 11) is 0. The zero-order valence-electron chi connectivity index (χ0n) is 7.87. The second-order valence-corrected chi connectivity index (χ2v) is 3.01. The first-order chi connectivity index (χ1) is 6.68. The van der Waals surface area contributed by atoms with E-state index >= 15 is 0 Å². The van der Waals surface area contributed by atoms with Gasteiger partial charge in [0.1, 0.15) is 5.76 Å². The molecule has 0 spiro atoms. The lowest BCUT2D eigenvalue weighted by molar-refractivity contribution is 0.393. The Morgan fingerprint density at radius 3 is 2.71 bits per heavy atom. The van der Waals surface area contributed by atoms with Gasteiger partial charge in [-0.3, -0.25) is 0 Å². The highest BCUT2D eigenvalue weighted by Crippen LogP contribution is 2.24. The Bertz CT molecular complexity index is 473. The lowest BCUT2D eigenvalue weighted by Crippen LogP contribution is -2.08. The molecule has 72 valence electrons. The van der Waals surface area contributed by atoms with E-state index in [-0.39, 0.29) is 5.69 Å². The summed E-state index contributed by atoms with van der Waals surface area (Å²) in [5.41, 5.74) is 2.12. The van der Waals surface area contributed by atoms with Gasteiger partial charge in [-0.2, -0.15) is 0 Å². The summed E-state index contributed by atoms with van der Waals surface area (Å²) in [6.45, 7) is 3.66. The first-order valence-electron chi connectivity index (χ1n) is 4.16. The van der Waals surface area contributed by atoms with E-state index in [0.717, 1.165) is 22.6 Å². The molecule has 0 aromatic carbocycles. The molecule has 0 bridgehead atoms. The topological polar surface area (TPSA) is 71.8 Å². The van der Waals surface area contributed by atoms with Gasteiger partial charge in [0, 0.05) is 18.0 Å². The molecular formula is C9H9N3O2. The molecule has 2 aromatic rings. The zero-order chi connectivity index (χ0) is 10.1. The molecule has 0 fully saturated rings. The number of hydrogen-bond acceptors (Lipinski definition) is 4. The van der Waals surface area contributed by atoms with Crippen LogP contribution in [0, 0.1) is 13.8 Å². The van der Waals surface area contributed by atoms with Gasteiger partial charge in [0.2, 0.25) is 0 Å². The van der Waals surface area contributed by atoms with Gasteiger partial charge in [0.25, 0.3) is 0 Å². The van der Waals surface area contributed by atoms with Crippen molar-refractivity contribution in [2.45, 2.75) is 13.8 Å². The molecule has 0 aliphatic rings. The predicted octanol–water partition coefficient (Wildman–Crippen LogP) is 1.04. The molecule has 2 aromatic heterocycles. The van der Waals surface area contributed by atoms with Gasteiger partial charge in [0.15, 0.2) is 0 Å². The van der Waals surface area contributed by atoms with Crippen molar-refractivity contribution < 1.29 is 4.52 Å². The van der Waals surface area contributed by atoms with Crippen molar-refractivity contribution in [2.75, 3.05) is 0 Å². The summed E-state index contributed by atoms with van der Waals surface area (Å²) in [6, 6.07) is 0. The molecule has 0 amide bonds. The fourth-order valence-corrected chi connectivity index (χ4v) is 1.37. The molecule has 0 aliphatic heterocycles. The molecule has 0 saturated carbocycles. The lowest BCUT2D eigenvalue weighted by atomic mass is 10.1. The van der Waals surface area contributed by atoms with E-state index in [1.807, 2.05) is 13.8 Å². The maximum atomic E-state index is 10.8. The predicted molar refractivity (Wildman–Crippen MR) is 49.8 cm³/mol. The third-order valence-corrected chi connectivity index (χ3v) is 1.99. The normalized spacial score (nSPS) is 10.4. The third kappa shape index (κ3) is 1.32. The van der Waals surface area contributed by atoms with E-state index in [2.05, 4.69) is 15.1 Å². The van der Waals surface area contributed by atoms with Gasteiger partial charge < -0.3 is 9.51 Å². The third-order valence-electron chi connectivity index (χ3n) is 1.99. The van der Waals surface area contributed by atoms with Crippen molar-refractivity contribution in [3.05, 3.63) is 34.3 Å². The molecule has 2 heterocycles. The number of aromatic amines is 1. The van der Waals surface area contributed by atoms with Crippen molar-refractivity contribution in [2.24, 2.45) is 0 Å². The van der Waals surface area contributed by atoms with Crippen LogP contribution < -0.4 is 5.69 Å². The highest BCUT2D eigenvalue weighted by atomic mass is 16.5. The molecule has 0 saturated heterocycles. The maximum Gasteiger partial charge on any atom is 0.344 e. The molecule has 2 rings (SSSR count). The highest BCUT2D eigenvalue weighted by molar-refractivity contribution is 5.65. The van der Waals surface area contributed by atoms with Crippen LogP contribution in [0.15, 0.2) is 21.7 Å². The molecule has 0 aliphatic carbocycles. The van der Waals surface area contributed by atoms with Gasteiger partial charge in [0.05, 0.1) is 11.3 Å². The van der Waals surface area contributed by atoms with Gasteiger partial charge >= 0.3 is 5.69 Å². The number of aromatic nitrogens is 3. The van der Waals surface area contributed by atoms with Crippen LogP contribution in [0.1, 0.15) is 11.5 Å². The molecular weight excluding hydrogens is 182 g/mol. The minimum absolute atomic E-state index is 0.361. The molecule has 0 atom stereocenters.